The molecule has 2 unspecified atom stereocenters. The Morgan fingerprint density at radius 3 is 2.52 bits per heavy atom. The molecule has 3 aliphatic rings. The van der Waals surface area contributed by atoms with Gasteiger partial charge in [-0.2, -0.15) is 0 Å². The van der Waals surface area contributed by atoms with Crippen LogP contribution in [0.4, 0.5) is 0 Å². The van der Waals surface area contributed by atoms with Gasteiger partial charge in [0.2, 0.25) is 0 Å². The van der Waals surface area contributed by atoms with Crippen LogP contribution in [0.2, 0.25) is 0 Å². The zero-order chi connectivity index (χ0) is 22.2. The third-order valence-corrected chi connectivity index (χ3v) is 10.5. The predicted molar refractivity (Wildman–Crippen MR) is 127 cm³/mol. The van der Waals surface area contributed by atoms with E-state index in [-0.39, 0.29) is 28.8 Å². The van der Waals surface area contributed by atoms with E-state index in [0.717, 1.165) is 25.7 Å². The second-order valence-corrected chi connectivity index (χ2v) is 12.1. The smallest absolute Gasteiger partial charge is 0.0625 e. The number of aliphatic hydroxyl groups is 2. The molecule has 2 aromatic rings. The molecule has 3 nitrogen and oxygen atoms in total. The van der Waals surface area contributed by atoms with Crippen LogP contribution in [0.15, 0.2) is 30.5 Å². The Balaban J connectivity index is 1.75. The number of nitrogens with one attached hydrogen (secondary N) is 1. The molecule has 3 aliphatic carbocycles. The molecule has 3 fully saturated rings. The van der Waals surface area contributed by atoms with E-state index in [0.29, 0.717) is 17.8 Å². The first-order valence-corrected chi connectivity index (χ1v) is 12.6. The SMILES string of the molecule is C[C@H]1CC[C@]2(C)[C@@H](C)CC[C@H](O)[C@]23CCC(C(C)(C)O)C(c2c[nH]c4ccccc24)[C@@H]13. The highest BCUT2D eigenvalue weighted by molar-refractivity contribution is 5.83. The quantitative estimate of drug-likeness (QED) is 0.534. The molecule has 1 heterocycles. The molecule has 0 aliphatic heterocycles. The molecular formula is C28H41NO2. The summed E-state index contributed by atoms with van der Waals surface area (Å²) < 4.78 is 0. The highest BCUT2D eigenvalue weighted by Crippen LogP contribution is 2.72. The fourth-order valence-electron chi connectivity index (χ4n) is 8.81. The number of aromatic amines is 1. The molecule has 3 saturated carbocycles. The monoisotopic (exact) mass is 423 g/mol. The summed E-state index contributed by atoms with van der Waals surface area (Å²) in [6.45, 7) is 11.4. The Morgan fingerprint density at radius 2 is 1.77 bits per heavy atom. The summed E-state index contributed by atoms with van der Waals surface area (Å²) in [5.41, 5.74) is 1.89. The lowest BCUT2D eigenvalue weighted by Gasteiger charge is -2.70. The Kier molecular flexibility index (Phi) is 4.92. The second kappa shape index (κ2) is 7.09. The van der Waals surface area contributed by atoms with Crippen LogP contribution in [-0.2, 0) is 0 Å². The van der Waals surface area contributed by atoms with Gasteiger partial charge in [0.05, 0.1) is 11.7 Å². The Labute approximate surface area is 187 Å². The van der Waals surface area contributed by atoms with Crippen LogP contribution < -0.4 is 0 Å². The fraction of sp³-hybridized carbons (Fsp3) is 0.714. The minimum atomic E-state index is -0.747. The maximum Gasteiger partial charge on any atom is 0.0625 e. The van der Waals surface area contributed by atoms with E-state index < -0.39 is 5.60 Å². The highest BCUT2D eigenvalue weighted by Gasteiger charge is 2.68. The zero-order valence-electron chi connectivity index (χ0n) is 20.0. The first-order valence-electron chi connectivity index (χ1n) is 12.6. The van der Waals surface area contributed by atoms with Crippen molar-refractivity contribution >= 4 is 10.9 Å². The van der Waals surface area contributed by atoms with Gasteiger partial charge in [0.25, 0.3) is 0 Å². The van der Waals surface area contributed by atoms with E-state index in [4.69, 9.17) is 0 Å². The molecule has 1 spiro atoms. The van der Waals surface area contributed by atoms with Gasteiger partial charge in [-0.25, -0.2) is 0 Å². The van der Waals surface area contributed by atoms with Gasteiger partial charge in [0.15, 0.2) is 0 Å². The van der Waals surface area contributed by atoms with Crippen LogP contribution in [0.5, 0.6) is 0 Å². The normalized spacial score (nSPS) is 43.5. The average Bonchev–Trinajstić information content (AvgIpc) is 3.15. The number of rotatable bonds is 2. The van der Waals surface area contributed by atoms with E-state index in [1.165, 1.54) is 29.3 Å². The maximum absolute atomic E-state index is 11.7. The summed E-state index contributed by atoms with van der Waals surface area (Å²) in [4.78, 5) is 3.52. The lowest BCUT2D eigenvalue weighted by Crippen LogP contribution is -2.66. The van der Waals surface area contributed by atoms with Crippen molar-refractivity contribution in [1.29, 1.82) is 0 Å². The van der Waals surface area contributed by atoms with Crippen molar-refractivity contribution in [2.24, 2.45) is 34.5 Å². The van der Waals surface area contributed by atoms with Crippen LogP contribution in [0.25, 0.3) is 10.9 Å². The van der Waals surface area contributed by atoms with Crippen LogP contribution in [0, 0.1) is 34.5 Å². The summed E-state index contributed by atoms with van der Waals surface area (Å²) in [6.07, 6.45) is 8.49. The number of benzene rings is 1. The highest BCUT2D eigenvalue weighted by atomic mass is 16.3. The summed E-state index contributed by atoms with van der Waals surface area (Å²) in [6, 6.07) is 8.60. The van der Waals surface area contributed by atoms with Gasteiger partial charge in [-0.15, -0.1) is 0 Å². The van der Waals surface area contributed by atoms with Gasteiger partial charge in [0.1, 0.15) is 0 Å². The lowest BCUT2D eigenvalue weighted by atomic mass is 9.35. The third kappa shape index (κ3) is 2.85. The maximum atomic E-state index is 11.7. The van der Waals surface area contributed by atoms with Crippen molar-refractivity contribution in [2.45, 2.75) is 90.8 Å². The Morgan fingerprint density at radius 1 is 1.03 bits per heavy atom. The number of H-pyrrole nitrogens is 1. The number of aliphatic hydroxyl groups excluding tert-OH is 1. The van der Waals surface area contributed by atoms with E-state index in [1.54, 1.807) is 0 Å². The standard InChI is InChI=1S/C28H41NO2/c1-17-12-14-27(5)18(2)10-11-23(30)28(27)15-13-21(26(3,4)31)24(25(17)28)20-16-29-22-9-7-6-8-19(20)22/h6-9,16-18,21,23-25,29-31H,10-15H2,1-5H3/t17-,18-,21?,23-,24?,25+,27+,28-/m0/s1. The van der Waals surface area contributed by atoms with E-state index >= 15 is 0 Å². The van der Waals surface area contributed by atoms with E-state index in [2.05, 4.69) is 56.2 Å². The first-order chi connectivity index (χ1) is 14.6. The molecule has 170 valence electrons. The number of hydrogen-bond donors (Lipinski definition) is 3. The minimum Gasteiger partial charge on any atom is -0.393 e. The van der Waals surface area contributed by atoms with Gasteiger partial charge in [-0.05, 0) is 99.0 Å². The van der Waals surface area contributed by atoms with Gasteiger partial charge in [0, 0.05) is 22.5 Å². The summed E-state index contributed by atoms with van der Waals surface area (Å²) >= 11 is 0. The van der Waals surface area contributed by atoms with Gasteiger partial charge in [-0.1, -0.05) is 39.0 Å². The van der Waals surface area contributed by atoms with Crippen LogP contribution in [0.3, 0.4) is 0 Å². The molecule has 0 bridgehead atoms. The lowest BCUT2D eigenvalue weighted by molar-refractivity contribution is -0.239. The van der Waals surface area contributed by atoms with Crippen molar-refractivity contribution in [1.82, 2.24) is 4.98 Å². The largest absolute Gasteiger partial charge is 0.393 e. The number of para-hydroxylation sites is 1. The molecule has 1 aromatic heterocycles. The van der Waals surface area contributed by atoms with Crippen molar-refractivity contribution < 1.29 is 10.2 Å². The predicted octanol–water partition coefficient (Wildman–Crippen LogP) is 6.26. The average molecular weight is 424 g/mol. The summed E-state index contributed by atoms with van der Waals surface area (Å²) in [7, 11) is 0. The van der Waals surface area contributed by atoms with Crippen molar-refractivity contribution in [2.75, 3.05) is 0 Å². The summed E-state index contributed by atoms with van der Waals surface area (Å²) in [5.74, 6) is 1.99. The molecule has 5 rings (SSSR count). The van der Waals surface area contributed by atoms with E-state index in [9.17, 15) is 10.2 Å². The molecule has 1 aromatic carbocycles. The molecule has 0 radical (unpaired) electrons. The van der Waals surface area contributed by atoms with E-state index in [1.807, 2.05) is 13.8 Å². The number of hydrogen-bond acceptors (Lipinski definition) is 2. The van der Waals surface area contributed by atoms with Gasteiger partial charge in [-0.3, -0.25) is 0 Å². The zero-order valence-corrected chi connectivity index (χ0v) is 20.0. The molecule has 3 N–H and O–H groups in total. The number of fused-ring (bicyclic) bond motifs is 1. The molecule has 0 saturated heterocycles. The van der Waals surface area contributed by atoms with Gasteiger partial charge < -0.3 is 15.2 Å². The Hall–Kier alpha value is -1.32. The molecule has 3 heteroatoms. The number of aromatic nitrogens is 1. The second-order valence-electron chi connectivity index (χ2n) is 12.1. The molecule has 8 atom stereocenters. The van der Waals surface area contributed by atoms with Gasteiger partial charge >= 0.3 is 0 Å². The fourth-order valence-corrected chi connectivity index (χ4v) is 8.81. The molecule has 31 heavy (non-hydrogen) atoms. The minimum absolute atomic E-state index is 0.0624. The van der Waals surface area contributed by atoms with Crippen molar-refractivity contribution in [3.8, 4) is 0 Å². The first kappa shape index (κ1) is 21.5. The summed E-state index contributed by atoms with van der Waals surface area (Å²) in [5, 5.41) is 24.4. The topological polar surface area (TPSA) is 56.2 Å². The van der Waals surface area contributed by atoms with Crippen LogP contribution in [-0.4, -0.2) is 26.9 Å². The van der Waals surface area contributed by atoms with Crippen LogP contribution >= 0.6 is 0 Å². The Bertz CT molecular complexity index is 957. The molecular weight excluding hydrogens is 382 g/mol. The van der Waals surface area contributed by atoms with Crippen molar-refractivity contribution in [3.05, 3.63) is 36.0 Å². The van der Waals surface area contributed by atoms with Crippen molar-refractivity contribution in [3.63, 3.8) is 0 Å². The molecule has 0 amide bonds. The third-order valence-electron chi connectivity index (χ3n) is 10.5. The van der Waals surface area contributed by atoms with Crippen LogP contribution in [0.1, 0.15) is 84.6 Å².